The van der Waals surface area contributed by atoms with Gasteiger partial charge in [-0.1, -0.05) is 180 Å². The van der Waals surface area contributed by atoms with Crippen LogP contribution >= 0.6 is 0 Å². The standard InChI is InChI=1S/C38H74O3/c1-3-5-7-9-11-13-15-16-17-18-20-22-24-26-31-35-38(40)41-37(34-30-27-28-32-36-39)33-29-25-23-21-19-14-12-10-8-6-4-2/h28,32,37,39H,3-27,29-31,33-36H2,1-2H3. The Morgan fingerprint density at radius 1 is 0.512 bits per heavy atom. The van der Waals surface area contributed by atoms with Gasteiger partial charge in [0.25, 0.3) is 0 Å². The lowest BCUT2D eigenvalue weighted by atomic mass is 10.0. The molecule has 0 saturated heterocycles. The van der Waals surface area contributed by atoms with Crippen LogP contribution in [0.1, 0.15) is 213 Å². The number of allylic oxidation sites excluding steroid dienone is 1. The van der Waals surface area contributed by atoms with Crippen LogP contribution in [0.3, 0.4) is 0 Å². The molecule has 0 bridgehead atoms. The number of unbranched alkanes of at least 4 members (excludes halogenated alkanes) is 25. The van der Waals surface area contributed by atoms with E-state index in [4.69, 9.17) is 9.84 Å². The van der Waals surface area contributed by atoms with Crippen molar-refractivity contribution < 1.29 is 14.6 Å². The number of rotatable bonds is 34. The van der Waals surface area contributed by atoms with Gasteiger partial charge in [-0.25, -0.2) is 0 Å². The van der Waals surface area contributed by atoms with E-state index in [9.17, 15) is 4.79 Å². The van der Waals surface area contributed by atoms with Gasteiger partial charge in [-0.05, 0) is 38.5 Å². The van der Waals surface area contributed by atoms with Gasteiger partial charge in [0.15, 0.2) is 0 Å². The van der Waals surface area contributed by atoms with Crippen molar-refractivity contribution in [1.82, 2.24) is 0 Å². The van der Waals surface area contributed by atoms with E-state index in [0.29, 0.717) is 6.42 Å². The van der Waals surface area contributed by atoms with Crippen LogP contribution in [-0.4, -0.2) is 23.8 Å². The van der Waals surface area contributed by atoms with E-state index in [2.05, 4.69) is 13.8 Å². The first kappa shape index (κ1) is 40.2. The predicted octanol–water partition coefficient (Wildman–Crippen LogP) is 12.6. The summed E-state index contributed by atoms with van der Waals surface area (Å²) in [5, 5.41) is 8.94. The Balaban J connectivity index is 3.83. The van der Waals surface area contributed by atoms with Gasteiger partial charge in [0.2, 0.25) is 0 Å². The Bertz CT molecular complexity index is 530. The Kier molecular flexibility index (Phi) is 34.7. The summed E-state index contributed by atoms with van der Waals surface area (Å²) in [5.74, 6) is 0.0127. The molecular formula is C38H74O3. The highest BCUT2D eigenvalue weighted by Gasteiger charge is 2.14. The van der Waals surface area contributed by atoms with Gasteiger partial charge >= 0.3 is 5.97 Å². The van der Waals surface area contributed by atoms with Crippen molar-refractivity contribution >= 4 is 5.97 Å². The van der Waals surface area contributed by atoms with Crippen molar-refractivity contribution in [3.8, 4) is 0 Å². The lowest BCUT2D eigenvalue weighted by molar-refractivity contribution is -0.150. The number of carbonyl (C=O) groups is 1. The van der Waals surface area contributed by atoms with Crippen LogP contribution in [0.25, 0.3) is 0 Å². The molecule has 1 atom stereocenters. The first-order chi connectivity index (χ1) is 20.2. The molecule has 0 aromatic heterocycles. The quantitative estimate of drug-likeness (QED) is 0.0469. The van der Waals surface area contributed by atoms with Crippen molar-refractivity contribution in [3.63, 3.8) is 0 Å². The van der Waals surface area contributed by atoms with Gasteiger partial charge in [0, 0.05) is 6.42 Å². The molecule has 0 radical (unpaired) electrons. The van der Waals surface area contributed by atoms with Gasteiger partial charge in [-0.3, -0.25) is 4.79 Å². The van der Waals surface area contributed by atoms with Crippen LogP contribution < -0.4 is 0 Å². The van der Waals surface area contributed by atoms with Crippen molar-refractivity contribution in [2.24, 2.45) is 0 Å². The molecule has 3 nitrogen and oxygen atoms in total. The fraction of sp³-hybridized carbons (Fsp3) is 0.921. The number of aliphatic hydroxyl groups excluding tert-OH is 1. The number of carbonyl (C=O) groups excluding carboxylic acids is 1. The first-order valence-corrected chi connectivity index (χ1v) is 18.7. The molecule has 0 aliphatic rings. The average Bonchev–Trinajstić information content (AvgIpc) is 2.97. The highest BCUT2D eigenvalue weighted by Crippen LogP contribution is 2.18. The number of hydrogen-bond acceptors (Lipinski definition) is 3. The van der Waals surface area contributed by atoms with Crippen LogP contribution in [0.15, 0.2) is 12.2 Å². The second-order valence-corrected chi connectivity index (χ2v) is 12.7. The molecule has 0 aromatic rings. The maximum atomic E-state index is 12.6. The molecule has 0 fully saturated rings. The molecule has 244 valence electrons. The van der Waals surface area contributed by atoms with Gasteiger partial charge < -0.3 is 9.84 Å². The average molecular weight is 579 g/mol. The Morgan fingerprint density at radius 2 is 0.878 bits per heavy atom. The molecule has 0 spiro atoms. The minimum atomic E-state index is 0.0127. The van der Waals surface area contributed by atoms with Crippen LogP contribution in [-0.2, 0) is 9.53 Å². The SMILES string of the molecule is CCCCCCCCCCCCCCCCCC(=O)OC(CCCC=CCO)CCCCCCCCCCCCC. The molecule has 0 amide bonds. The van der Waals surface area contributed by atoms with Crippen molar-refractivity contribution in [3.05, 3.63) is 12.2 Å². The van der Waals surface area contributed by atoms with Crippen LogP contribution in [0.2, 0.25) is 0 Å². The summed E-state index contributed by atoms with van der Waals surface area (Å²) in [7, 11) is 0. The molecule has 0 aromatic carbocycles. The zero-order valence-corrected chi connectivity index (χ0v) is 28.1. The first-order valence-electron chi connectivity index (χ1n) is 18.7. The third-order valence-electron chi connectivity index (χ3n) is 8.58. The predicted molar refractivity (Wildman–Crippen MR) is 181 cm³/mol. The molecular weight excluding hydrogens is 504 g/mol. The van der Waals surface area contributed by atoms with E-state index in [1.165, 1.54) is 154 Å². The van der Waals surface area contributed by atoms with Crippen molar-refractivity contribution in [2.75, 3.05) is 6.61 Å². The number of esters is 1. The Labute approximate surface area is 258 Å². The molecule has 0 heterocycles. The highest BCUT2D eigenvalue weighted by molar-refractivity contribution is 5.69. The van der Waals surface area contributed by atoms with Crippen LogP contribution in [0.4, 0.5) is 0 Å². The second kappa shape index (κ2) is 35.4. The third kappa shape index (κ3) is 33.5. The van der Waals surface area contributed by atoms with E-state index in [1.807, 2.05) is 6.08 Å². The van der Waals surface area contributed by atoms with E-state index in [1.54, 1.807) is 6.08 Å². The molecule has 0 rings (SSSR count). The molecule has 3 heteroatoms. The molecule has 41 heavy (non-hydrogen) atoms. The summed E-state index contributed by atoms with van der Waals surface area (Å²) in [6, 6.07) is 0. The van der Waals surface area contributed by atoms with Crippen molar-refractivity contribution in [1.29, 1.82) is 0 Å². The molecule has 1 N–H and O–H groups in total. The molecule has 0 aliphatic carbocycles. The van der Waals surface area contributed by atoms with E-state index in [-0.39, 0.29) is 18.7 Å². The van der Waals surface area contributed by atoms with Crippen LogP contribution in [0.5, 0.6) is 0 Å². The zero-order chi connectivity index (χ0) is 29.9. The Morgan fingerprint density at radius 3 is 1.29 bits per heavy atom. The normalized spacial score (nSPS) is 12.4. The topological polar surface area (TPSA) is 46.5 Å². The van der Waals surface area contributed by atoms with E-state index >= 15 is 0 Å². The van der Waals surface area contributed by atoms with Gasteiger partial charge in [0.05, 0.1) is 6.61 Å². The molecule has 1 unspecified atom stereocenters. The zero-order valence-electron chi connectivity index (χ0n) is 28.1. The van der Waals surface area contributed by atoms with Gasteiger partial charge in [0.1, 0.15) is 6.10 Å². The Hall–Kier alpha value is -0.830. The maximum Gasteiger partial charge on any atom is 0.306 e. The summed E-state index contributed by atoms with van der Waals surface area (Å²) >= 11 is 0. The molecule has 0 saturated carbocycles. The number of aliphatic hydroxyl groups is 1. The van der Waals surface area contributed by atoms with Crippen LogP contribution in [0, 0.1) is 0 Å². The highest BCUT2D eigenvalue weighted by atomic mass is 16.5. The lowest BCUT2D eigenvalue weighted by Gasteiger charge is -2.18. The van der Waals surface area contributed by atoms with E-state index < -0.39 is 0 Å². The van der Waals surface area contributed by atoms with Gasteiger partial charge in [-0.2, -0.15) is 0 Å². The molecule has 0 aliphatic heterocycles. The van der Waals surface area contributed by atoms with E-state index in [0.717, 1.165) is 38.5 Å². The summed E-state index contributed by atoms with van der Waals surface area (Å²) in [6.07, 6.45) is 43.4. The minimum absolute atomic E-state index is 0.0127. The second-order valence-electron chi connectivity index (χ2n) is 12.7. The van der Waals surface area contributed by atoms with Gasteiger partial charge in [-0.15, -0.1) is 0 Å². The largest absolute Gasteiger partial charge is 0.462 e. The minimum Gasteiger partial charge on any atom is -0.462 e. The smallest absolute Gasteiger partial charge is 0.306 e. The summed E-state index contributed by atoms with van der Waals surface area (Å²) < 4.78 is 5.96. The van der Waals surface area contributed by atoms with Crippen molar-refractivity contribution in [2.45, 2.75) is 219 Å². The number of ether oxygens (including phenoxy) is 1. The summed E-state index contributed by atoms with van der Waals surface area (Å²) in [6.45, 7) is 4.67. The summed E-state index contributed by atoms with van der Waals surface area (Å²) in [4.78, 5) is 12.6. The maximum absolute atomic E-state index is 12.6. The fourth-order valence-electron chi connectivity index (χ4n) is 5.84. The monoisotopic (exact) mass is 579 g/mol. The lowest BCUT2D eigenvalue weighted by Crippen LogP contribution is -2.18. The number of hydrogen-bond donors (Lipinski definition) is 1. The third-order valence-corrected chi connectivity index (χ3v) is 8.58. The fourth-order valence-corrected chi connectivity index (χ4v) is 5.84. The summed E-state index contributed by atoms with van der Waals surface area (Å²) in [5.41, 5.74) is 0.